The second-order valence-corrected chi connectivity index (χ2v) is 5.55. The molecule has 0 bridgehead atoms. The van der Waals surface area contributed by atoms with Gasteiger partial charge >= 0.3 is 0 Å². The van der Waals surface area contributed by atoms with Crippen molar-refractivity contribution >= 4 is 0 Å². The average Bonchev–Trinajstić information content (AvgIpc) is 2.81. The molecule has 1 atom stereocenters. The van der Waals surface area contributed by atoms with E-state index >= 15 is 0 Å². The predicted octanol–water partition coefficient (Wildman–Crippen LogP) is 2.73. The van der Waals surface area contributed by atoms with Gasteiger partial charge in [-0.05, 0) is 51.4 Å². The standard InChI is InChI=1S/C17H24N2O3/c1-12(20)8-9-18-10-15-4-6-16(7-5-15)21-11-17-13(2)19-22-14(17)3/h4-7,12,18,20H,8-11H2,1-3H3. The normalized spacial score (nSPS) is 12.4. The maximum absolute atomic E-state index is 9.19. The van der Waals surface area contributed by atoms with Gasteiger partial charge in [0.15, 0.2) is 0 Å². The van der Waals surface area contributed by atoms with Crippen LogP contribution in [0.2, 0.25) is 0 Å². The highest BCUT2D eigenvalue weighted by atomic mass is 16.5. The third kappa shape index (κ3) is 4.86. The maximum Gasteiger partial charge on any atom is 0.140 e. The van der Waals surface area contributed by atoms with Crippen LogP contribution in [0.1, 0.15) is 35.9 Å². The first kappa shape index (κ1) is 16.5. The first-order chi connectivity index (χ1) is 10.6. The number of aliphatic hydroxyl groups is 1. The van der Waals surface area contributed by atoms with Gasteiger partial charge in [0.05, 0.1) is 17.4 Å². The Hall–Kier alpha value is -1.85. The lowest BCUT2D eigenvalue weighted by Crippen LogP contribution is -2.18. The van der Waals surface area contributed by atoms with E-state index in [1.165, 1.54) is 5.56 Å². The monoisotopic (exact) mass is 304 g/mol. The van der Waals surface area contributed by atoms with Crippen LogP contribution in [0.25, 0.3) is 0 Å². The van der Waals surface area contributed by atoms with Crippen molar-refractivity contribution in [1.29, 1.82) is 0 Å². The van der Waals surface area contributed by atoms with Crippen LogP contribution in [0.4, 0.5) is 0 Å². The lowest BCUT2D eigenvalue weighted by Gasteiger charge is -2.09. The summed E-state index contributed by atoms with van der Waals surface area (Å²) in [5.41, 5.74) is 3.07. The molecule has 1 aromatic carbocycles. The first-order valence-corrected chi connectivity index (χ1v) is 7.58. The lowest BCUT2D eigenvalue weighted by atomic mass is 10.2. The highest BCUT2D eigenvalue weighted by molar-refractivity contribution is 5.28. The van der Waals surface area contributed by atoms with Crippen molar-refractivity contribution in [3.8, 4) is 5.75 Å². The molecule has 22 heavy (non-hydrogen) atoms. The molecular weight excluding hydrogens is 280 g/mol. The smallest absolute Gasteiger partial charge is 0.140 e. The minimum Gasteiger partial charge on any atom is -0.489 e. The number of aliphatic hydroxyl groups excluding tert-OH is 1. The van der Waals surface area contributed by atoms with Gasteiger partial charge in [-0.2, -0.15) is 0 Å². The van der Waals surface area contributed by atoms with E-state index in [1.807, 2.05) is 38.1 Å². The minimum atomic E-state index is -0.257. The summed E-state index contributed by atoms with van der Waals surface area (Å²) in [7, 11) is 0. The molecule has 0 aliphatic rings. The predicted molar refractivity (Wildman–Crippen MR) is 84.8 cm³/mol. The van der Waals surface area contributed by atoms with E-state index < -0.39 is 0 Å². The van der Waals surface area contributed by atoms with E-state index in [0.29, 0.717) is 6.61 Å². The van der Waals surface area contributed by atoms with Crippen molar-refractivity contribution in [1.82, 2.24) is 10.5 Å². The van der Waals surface area contributed by atoms with E-state index in [-0.39, 0.29) is 6.10 Å². The fourth-order valence-corrected chi connectivity index (χ4v) is 2.11. The quantitative estimate of drug-likeness (QED) is 0.734. The second kappa shape index (κ2) is 7.96. The Kier molecular flexibility index (Phi) is 5.98. The molecule has 0 fully saturated rings. The topological polar surface area (TPSA) is 67.5 Å². The van der Waals surface area contributed by atoms with Crippen molar-refractivity contribution in [2.75, 3.05) is 6.54 Å². The molecule has 0 aliphatic carbocycles. The average molecular weight is 304 g/mol. The molecule has 0 saturated heterocycles. The lowest BCUT2D eigenvalue weighted by molar-refractivity contribution is 0.183. The second-order valence-electron chi connectivity index (χ2n) is 5.55. The number of benzene rings is 1. The molecule has 0 amide bonds. The molecule has 120 valence electrons. The molecule has 0 radical (unpaired) electrons. The Morgan fingerprint density at radius 3 is 2.59 bits per heavy atom. The van der Waals surface area contributed by atoms with Gasteiger partial charge in [-0.25, -0.2) is 0 Å². The van der Waals surface area contributed by atoms with Crippen LogP contribution in [0.15, 0.2) is 28.8 Å². The molecular formula is C17H24N2O3. The summed E-state index contributed by atoms with van der Waals surface area (Å²) >= 11 is 0. The van der Waals surface area contributed by atoms with Gasteiger partial charge in [-0.1, -0.05) is 17.3 Å². The minimum absolute atomic E-state index is 0.257. The van der Waals surface area contributed by atoms with Crippen LogP contribution >= 0.6 is 0 Å². The molecule has 1 unspecified atom stereocenters. The number of hydrogen-bond acceptors (Lipinski definition) is 5. The van der Waals surface area contributed by atoms with E-state index in [2.05, 4.69) is 10.5 Å². The fraction of sp³-hybridized carbons (Fsp3) is 0.471. The summed E-state index contributed by atoms with van der Waals surface area (Å²) in [4.78, 5) is 0. The van der Waals surface area contributed by atoms with Gasteiger partial charge < -0.3 is 19.7 Å². The third-order valence-corrected chi connectivity index (χ3v) is 3.56. The van der Waals surface area contributed by atoms with Crippen LogP contribution in [-0.2, 0) is 13.2 Å². The van der Waals surface area contributed by atoms with Crippen LogP contribution in [0.5, 0.6) is 5.75 Å². The van der Waals surface area contributed by atoms with E-state index in [9.17, 15) is 5.11 Å². The van der Waals surface area contributed by atoms with Crippen molar-refractivity contribution in [2.45, 2.75) is 46.4 Å². The summed E-state index contributed by atoms with van der Waals surface area (Å²) < 4.78 is 10.9. The van der Waals surface area contributed by atoms with Crippen LogP contribution in [0, 0.1) is 13.8 Å². The zero-order valence-electron chi connectivity index (χ0n) is 13.4. The highest BCUT2D eigenvalue weighted by Gasteiger charge is 2.09. The largest absolute Gasteiger partial charge is 0.489 e. The van der Waals surface area contributed by atoms with E-state index in [1.54, 1.807) is 6.92 Å². The molecule has 2 N–H and O–H groups in total. The summed E-state index contributed by atoms with van der Waals surface area (Å²) in [6.45, 7) is 7.66. The Morgan fingerprint density at radius 1 is 1.27 bits per heavy atom. The fourth-order valence-electron chi connectivity index (χ4n) is 2.11. The Bertz CT molecular complexity index is 557. The SMILES string of the molecule is Cc1noc(C)c1COc1ccc(CNCCC(C)O)cc1. The number of ether oxygens (including phenoxy) is 1. The number of aryl methyl sites for hydroxylation is 2. The third-order valence-electron chi connectivity index (χ3n) is 3.56. The van der Waals surface area contributed by atoms with Crippen LogP contribution in [-0.4, -0.2) is 22.9 Å². The zero-order valence-corrected chi connectivity index (χ0v) is 13.4. The number of aromatic nitrogens is 1. The van der Waals surface area contributed by atoms with Crippen molar-refractivity contribution < 1.29 is 14.4 Å². The molecule has 0 spiro atoms. The van der Waals surface area contributed by atoms with Gasteiger partial charge in [0, 0.05) is 6.54 Å². The van der Waals surface area contributed by atoms with E-state index in [4.69, 9.17) is 9.26 Å². The van der Waals surface area contributed by atoms with Crippen molar-refractivity contribution in [2.24, 2.45) is 0 Å². The van der Waals surface area contributed by atoms with E-state index in [0.717, 1.165) is 42.3 Å². The van der Waals surface area contributed by atoms with Crippen LogP contribution < -0.4 is 10.1 Å². The van der Waals surface area contributed by atoms with Gasteiger partial charge in [-0.3, -0.25) is 0 Å². The number of nitrogens with one attached hydrogen (secondary N) is 1. The number of hydrogen-bond donors (Lipinski definition) is 2. The number of nitrogens with zero attached hydrogens (tertiary/aromatic N) is 1. The molecule has 0 saturated carbocycles. The molecule has 2 rings (SSSR count). The van der Waals surface area contributed by atoms with Crippen LogP contribution in [0.3, 0.4) is 0 Å². The van der Waals surface area contributed by atoms with Gasteiger partial charge in [0.25, 0.3) is 0 Å². The molecule has 1 heterocycles. The molecule has 5 nitrogen and oxygen atoms in total. The summed E-state index contributed by atoms with van der Waals surface area (Å²) in [6, 6.07) is 8.00. The van der Waals surface area contributed by atoms with Gasteiger partial charge in [0.1, 0.15) is 18.1 Å². The van der Waals surface area contributed by atoms with Crippen molar-refractivity contribution in [3.63, 3.8) is 0 Å². The first-order valence-electron chi connectivity index (χ1n) is 7.58. The molecule has 2 aromatic rings. The Balaban J connectivity index is 1.79. The Labute approximate surface area is 131 Å². The summed E-state index contributed by atoms with van der Waals surface area (Å²) in [5.74, 6) is 1.63. The number of rotatable bonds is 8. The molecule has 1 aromatic heterocycles. The molecule has 5 heteroatoms. The van der Waals surface area contributed by atoms with Gasteiger partial charge in [0.2, 0.25) is 0 Å². The van der Waals surface area contributed by atoms with Gasteiger partial charge in [-0.15, -0.1) is 0 Å². The Morgan fingerprint density at radius 2 is 2.00 bits per heavy atom. The summed E-state index contributed by atoms with van der Waals surface area (Å²) in [5, 5.41) is 16.4. The zero-order chi connectivity index (χ0) is 15.9. The molecule has 0 aliphatic heterocycles. The highest BCUT2D eigenvalue weighted by Crippen LogP contribution is 2.17. The van der Waals surface area contributed by atoms with Crippen molar-refractivity contribution in [3.05, 3.63) is 46.8 Å². The summed E-state index contributed by atoms with van der Waals surface area (Å²) in [6.07, 6.45) is 0.506. The maximum atomic E-state index is 9.19.